The molecule has 0 aliphatic carbocycles. The van der Waals surface area contributed by atoms with E-state index in [1.165, 1.54) is 0 Å². The van der Waals surface area contributed by atoms with E-state index < -0.39 is 0 Å². The summed E-state index contributed by atoms with van der Waals surface area (Å²) in [4.78, 5) is 0. The Hall–Kier alpha value is -1.10. The van der Waals surface area contributed by atoms with Crippen molar-refractivity contribution in [3.8, 4) is 0 Å². The number of allylic oxidation sites excluding steroid dienone is 2. The predicted octanol–water partition coefficient (Wildman–Crippen LogP) is 1.39. The second-order valence-electron chi connectivity index (χ2n) is 0.471. The van der Waals surface area contributed by atoms with Gasteiger partial charge < -0.3 is 0 Å². The molecule has 0 radical (unpaired) electrons. The molecule has 0 spiro atoms. The molecule has 0 rings (SSSR count). The standard InChI is InChI=1S/C4H6.N2/c1-3-4-2;1-2/h3-4H,1-2H2;. The van der Waals surface area contributed by atoms with Gasteiger partial charge in [-0.1, -0.05) is 25.3 Å². The van der Waals surface area contributed by atoms with Crippen LogP contribution in [0, 0.1) is 10.8 Å². The summed E-state index contributed by atoms with van der Waals surface area (Å²) in [5.74, 6) is 0. The molecule has 0 saturated carbocycles. The topological polar surface area (TPSA) is 47.6 Å². The maximum absolute atomic E-state index is 6.00. The highest BCUT2D eigenvalue weighted by molar-refractivity contribution is 4.88. The monoisotopic (exact) mass is 82.1 g/mol. The van der Waals surface area contributed by atoms with E-state index in [0.29, 0.717) is 0 Å². The minimum absolute atomic E-state index is 1.64. The smallest absolute Gasteiger partial charge is 0 e. The maximum Gasteiger partial charge on any atom is 0 e. The second kappa shape index (κ2) is 40.5. The average molecular weight is 82.1 g/mol. The number of rotatable bonds is 1. The molecule has 32 valence electrons. The van der Waals surface area contributed by atoms with Gasteiger partial charge in [-0.3, -0.25) is 0 Å². The molecule has 0 heterocycles. The third kappa shape index (κ3) is 1050. The summed E-state index contributed by atoms with van der Waals surface area (Å²) < 4.78 is 0. The first-order valence-electron chi connectivity index (χ1n) is 1.35. The van der Waals surface area contributed by atoms with Crippen LogP contribution in [0.3, 0.4) is 0 Å². The van der Waals surface area contributed by atoms with E-state index in [1.807, 2.05) is 0 Å². The van der Waals surface area contributed by atoms with Gasteiger partial charge in [-0.2, -0.15) is 0 Å². The zero-order valence-electron chi connectivity index (χ0n) is 3.46. The number of hydrogen-bond donors (Lipinski definition) is 0. The summed E-state index contributed by atoms with van der Waals surface area (Å²) in [6.45, 7) is 6.72. The SMILES string of the molecule is C=CC=C.N#N. The zero-order chi connectivity index (χ0) is 5.41. The van der Waals surface area contributed by atoms with Gasteiger partial charge in [-0.25, -0.2) is 0 Å². The fourth-order valence-electron chi connectivity index (χ4n) is 0. The molecule has 0 saturated heterocycles. The van der Waals surface area contributed by atoms with E-state index in [1.54, 1.807) is 12.2 Å². The van der Waals surface area contributed by atoms with E-state index in [9.17, 15) is 0 Å². The summed E-state index contributed by atoms with van der Waals surface area (Å²) in [6, 6.07) is 0. The highest BCUT2D eigenvalue weighted by Gasteiger charge is 1.29. The number of nitrogens with zero attached hydrogens (tertiary/aromatic N) is 2. The molecule has 0 aliphatic rings. The first-order valence-corrected chi connectivity index (χ1v) is 1.35. The lowest BCUT2D eigenvalue weighted by Gasteiger charge is -1.44. The van der Waals surface area contributed by atoms with Crippen LogP contribution in [-0.2, 0) is 0 Å². The Morgan fingerprint density at radius 2 is 1.17 bits per heavy atom. The zero-order valence-corrected chi connectivity index (χ0v) is 3.46. The predicted molar refractivity (Wildman–Crippen MR) is 23.8 cm³/mol. The van der Waals surface area contributed by atoms with E-state index >= 15 is 0 Å². The molecule has 0 atom stereocenters. The molecule has 0 unspecified atom stereocenters. The first-order chi connectivity index (χ1) is 2.91. The molecular weight excluding hydrogens is 76.1 g/mol. The summed E-state index contributed by atoms with van der Waals surface area (Å²) in [5.41, 5.74) is 0. The summed E-state index contributed by atoms with van der Waals surface area (Å²) in [5, 5.41) is 12.0. The minimum Gasteiger partial charge on any atom is -0.0991 e. The van der Waals surface area contributed by atoms with E-state index in [0.717, 1.165) is 0 Å². The summed E-state index contributed by atoms with van der Waals surface area (Å²) in [7, 11) is 0. The molecule has 6 heavy (non-hydrogen) atoms. The van der Waals surface area contributed by atoms with Crippen LogP contribution in [0.25, 0.3) is 0 Å². The van der Waals surface area contributed by atoms with Crippen LogP contribution in [0.5, 0.6) is 0 Å². The molecule has 0 fully saturated rings. The molecule has 0 amide bonds. The molecule has 0 aromatic rings. The third-order valence-corrected chi connectivity index (χ3v) is 0.167. The Morgan fingerprint density at radius 1 is 1.00 bits per heavy atom. The van der Waals surface area contributed by atoms with Gasteiger partial charge in [0.1, 0.15) is 0 Å². The van der Waals surface area contributed by atoms with Crippen molar-refractivity contribution in [2.45, 2.75) is 0 Å². The van der Waals surface area contributed by atoms with Gasteiger partial charge in [0.05, 0.1) is 0 Å². The van der Waals surface area contributed by atoms with Crippen molar-refractivity contribution >= 4 is 0 Å². The second-order valence-corrected chi connectivity index (χ2v) is 0.471. The summed E-state index contributed by atoms with van der Waals surface area (Å²) >= 11 is 0. The van der Waals surface area contributed by atoms with Crippen molar-refractivity contribution in [3.63, 3.8) is 0 Å². The summed E-state index contributed by atoms with van der Waals surface area (Å²) in [6.07, 6.45) is 3.28. The highest BCUT2D eigenvalue weighted by Crippen LogP contribution is 1.52. The van der Waals surface area contributed by atoms with Gasteiger partial charge in [0, 0.05) is 10.8 Å². The Labute approximate surface area is 37.2 Å². The van der Waals surface area contributed by atoms with Crippen molar-refractivity contribution in [1.82, 2.24) is 0 Å². The molecule has 0 bridgehead atoms. The average Bonchev–Trinajstić information content (AvgIpc) is 1.72. The maximum atomic E-state index is 6.00. The lowest BCUT2D eigenvalue weighted by atomic mass is 10.6. The lowest BCUT2D eigenvalue weighted by Crippen LogP contribution is -1.21. The van der Waals surface area contributed by atoms with Crippen molar-refractivity contribution in [2.24, 2.45) is 0 Å². The van der Waals surface area contributed by atoms with Crippen LogP contribution in [0.15, 0.2) is 25.3 Å². The Bertz CT molecular complexity index is 47.8. The van der Waals surface area contributed by atoms with E-state index in [-0.39, 0.29) is 0 Å². The van der Waals surface area contributed by atoms with Crippen LogP contribution in [0.1, 0.15) is 0 Å². The van der Waals surface area contributed by atoms with Gasteiger partial charge >= 0.3 is 0 Å². The van der Waals surface area contributed by atoms with E-state index in [2.05, 4.69) is 13.2 Å². The molecular formula is C4H6N2. The Morgan fingerprint density at radius 3 is 1.17 bits per heavy atom. The van der Waals surface area contributed by atoms with E-state index in [4.69, 9.17) is 10.8 Å². The molecule has 2 heteroatoms. The minimum atomic E-state index is 1.64. The van der Waals surface area contributed by atoms with Crippen molar-refractivity contribution < 1.29 is 0 Å². The van der Waals surface area contributed by atoms with Gasteiger partial charge in [-0.15, -0.1) is 0 Å². The Kier molecular flexibility index (Phi) is 59.8. The van der Waals surface area contributed by atoms with Gasteiger partial charge in [-0.05, 0) is 0 Å². The largest absolute Gasteiger partial charge is 0.0991 e. The molecule has 0 aliphatic heterocycles. The molecule has 0 N–H and O–H groups in total. The Balaban J connectivity index is 0. The fourth-order valence-corrected chi connectivity index (χ4v) is 0. The van der Waals surface area contributed by atoms with Crippen LogP contribution in [0.2, 0.25) is 0 Å². The molecule has 2 nitrogen and oxygen atoms in total. The van der Waals surface area contributed by atoms with Crippen molar-refractivity contribution in [1.29, 1.82) is 10.8 Å². The number of hydrogen-bond acceptors (Lipinski definition) is 2. The van der Waals surface area contributed by atoms with Crippen molar-refractivity contribution in [3.05, 3.63) is 25.3 Å². The van der Waals surface area contributed by atoms with Crippen molar-refractivity contribution in [2.75, 3.05) is 0 Å². The quantitative estimate of drug-likeness (QED) is 0.354. The molecule has 0 aromatic heterocycles. The third-order valence-electron chi connectivity index (χ3n) is 0.167. The fraction of sp³-hybridized carbons (Fsp3) is 0. The van der Waals surface area contributed by atoms with Crippen LogP contribution in [0.4, 0.5) is 0 Å². The van der Waals surface area contributed by atoms with Crippen LogP contribution in [-0.4, -0.2) is 0 Å². The lowest BCUT2D eigenvalue weighted by molar-refractivity contribution is 1.15. The highest BCUT2D eigenvalue weighted by atomic mass is 14.6. The van der Waals surface area contributed by atoms with Gasteiger partial charge in [0.25, 0.3) is 0 Å². The van der Waals surface area contributed by atoms with Gasteiger partial charge in [0.2, 0.25) is 0 Å². The van der Waals surface area contributed by atoms with Crippen LogP contribution < -0.4 is 0 Å². The van der Waals surface area contributed by atoms with Gasteiger partial charge in [0.15, 0.2) is 0 Å². The normalized spacial score (nSPS) is 3.67. The van der Waals surface area contributed by atoms with Crippen LogP contribution >= 0.6 is 0 Å². The molecule has 0 aromatic carbocycles. The first kappa shape index (κ1) is 8.86.